The molecule has 0 saturated heterocycles. The molecule has 0 aromatic rings. The fourth-order valence-electron chi connectivity index (χ4n) is 0.750. The zero-order chi connectivity index (χ0) is 19.7. The summed E-state index contributed by atoms with van der Waals surface area (Å²) in [6, 6.07) is 0. The maximum absolute atomic E-state index is 3.34. The zero-order valence-corrected chi connectivity index (χ0v) is 30.6. The van der Waals surface area contributed by atoms with Gasteiger partial charge in [0.1, 0.15) is 0 Å². The summed E-state index contributed by atoms with van der Waals surface area (Å²) in [4.78, 5) is 0. The summed E-state index contributed by atoms with van der Waals surface area (Å²) in [6.07, 6.45) is 0. The molecule has 0 saturated carbocycles. The summed E-state index contributed by atoms with van der Waals surface area (Å²) in [5, 5.41) is 0. The zero-order valence-electron chi connectivity index (χ0n) is 18.0. The Balaban J connectivity index is -0.000000276. The normalized spacial score (nSPS) is 9.25. The van der Waals surface area contributed by atoms with Gasteiger partial charge in [-0.3, -0.25) is 0 Å². The van der Waals surface area contributed by atoms with E-state index in [-0.39, 0.29) is 0 Å². The van der Waals surface area contributed by atoms with Crippen molar-refractivity contribution in [3.8, 4) is 28.5 Å². The molecule has 0 aliphatic rings. The van der Waals surface area contributed by atoms with Crippen molar-refractivity contribution in [2.24, 2.45) is 0 Å². The first-order valence-electron chi connectivity index (χ1n) is 8.25. The van der Waals surface area contributed by atoms with E-state index in [1.807, 2.05) is 0 Å². The van der Waals surface area contributed by atoms with Gasteiger partial charge in [0.2, 0.25) is 0 Å². The molecule has 0 aliphatic heterocycles. The fourth-order valence-corrected chi connectivity index (χ4v) is 20.2. The molecule has 0 fully saturated rings. The van der Waals surface area contributed by atoms with Gasteiger partial charge in [-0.05, 0) is 0 Å². The van der Waals surface area contributed by atoms with Crippen LogP contribution in [0.15, 0.2) is 0 Å². The maximum atomic E-state index is 3.34. The topological polar surface area (TPSA) is 0 Å². The quantitative estimate of drug-likeness (QED) is 0.255. The Labute approximate surface area is 181 Å². The minimum atomic E-state index is -0.769. The van der Waals surface area contributed by atoms with Crippen LogP contribution >= 0.6 is 0 Å². The van der Waals surface area contributed by atoms with Crippen LogP contribution < -0.4 is 0 Å². The molecule has 132 valence electrons. The Bertz CT molecular complexity index is 352. The predicted molar refractivity (Wildman–Crippen MR) is 128 cm³/mol. The van der Waals surface area contributed by atoms with Crippen molar-refractivity contribution in [2.45, 2.75) is 69.1 Å². The van der Waals surface area contributed by atoms with E-state index in [2.05, 4.69) is 97.6 Å². The molecule has 0 nitrogen and oxygen atoms in total. The van der Waals surface area contributed by atoms with Crippen LogP contribution in [0.25, 0.3) is 0 Å². The Morgan fingerprint density at radius 2 is 0.333 bits per heavy atom. The molecule has 0 aromatic heterocycles. The molecule has 0 atom stereocenters. The van der Waals surface area contributed by atoms with Crippen molar-refractivity contribution < 1.29 is 0 Å². The van der Waals surface area contributed by atoms with Gasteiger partial charge in [0, 0.05) is 0 Å². The van der Waals surface area contributed by atoms with Crippen molar-refractivity contribution in [3.05, 3.63) is 0 Å². The molecule has 0 aromatic carbocycles. The van der Waals surface area contributed by atoms with Crippen LogP contribution in [0.5, 0.6) is 0 Å². The van der Waals surface area contributed by atoms with Crippen LogP contribution in [-0.4, -0.2) is 86.1 Å². The van der Waals surface area contributed by atoms with E-state index in [9.17, 15) is 0 Å². The molecule has 0 unspecified atom stereocenters. The molecular formula is C18H36Ge6. The molecule has 0 spiro atoms. The molecule has 0 heterocycles. The first-order chi connectivity index (χ1) is 10.9. The van der Waals surface area contributed by atoms with E-state index in [0.717, 1.165) is 0 Å². The molecule has 24 heavy (non-hydrogen) atoms. The number of hydrogen-bond donors (Lipinski definition) is 0. The first kappa shape index (κ1) is 30.7. The van der Waals surface area contributed by atoms with E-state index in [0.29, 0.717) is 0 Å². The Morgan fingerprint density at radius 3 is 0.375 bits per heavy atom. The van der Waals surface area contributed by atoms with E-state index < -0.39 is 86.1 Å². The van der Waals surface area contributed by atoms with Gasteiger partial charge in [-0.25, -0.2) is 0 Å². The second-order valence-corrected chi connectivity index (χ2v) is 35.1. The molecule has 0 rings (SSSR count). The van der Waals surface area contributed by atoms with Crippen molar-refractivity contribution >= 4 is 86.1 Å². The third kappa shape index (κ3) is 43.9. The van der Waals surface area contributed by atoms with Crippen LogP contribution in [0.3, 0.4) is 0 Å². The van der Waals surface area contributed by atoms with Gasteiger partial charge >= 0.3 is 184 Å². The second-order valence-electron chi connectivity index (χ2n) is 6.75. The number of rotatable bonds is 0. The van der Waals surface area contributed by atoms with Crippen LogP contribution in [0.2, 0.25) is 69.1 Å². The average Bonchev–Trinajstić information content (AvgIpc) is 2.42. The van der Waals surface area contributed by atoms with Crippen LogP contribution in [0, 0.1) is 28.5 Å². The van der Waals surface area contributed by atoms with Gasteiger partial charge in [-0.2, -0.15) is 0 Å². The number of hydrogen-bond acceptors (Lipinski definition) is 0. The van der Waals surface area contributed by atoms with Crippen molar-refractivity contribution in [1.29, 1.82) is 0 Å². The standard InChI is InChI=1S/3C6H12Ge2/c3*1-7(2)5-6-8(3)4/h3*1-4H3. The van der Waals surface area contributed by atoms with Gasteiger partial charge in [0.25, 0.3) is 0 Å². The summed E-state index contributed by atoms with van der Waals surface area (Å²) >= 11 is -4.61. The minimum absolute atomic E-state index is 0.769. The van der Waals surface area contributed by atoms with Crippen molar-refractivity contribution in [2.75, 3.05) is 0 Å². The molecule has 0 N–H and O–H groups in total. The second kappa shape index (κ2) is 21.2. The summed E-state index contributed by atoms with van der Waals surface area (Å²) in [5.74, 6) is 27.6. The predicted octanol–water partition coefficient (Wildman–Crippen LogP) is 4.73. The Hall–Kier alpha value is 1.94. The van der Waals surface area contributed by atoms with E-state index in [1.54, 1.807) is 0 Å². The first-order valence-corrected chi connectivity index (χ1v) is 39.7. The molecule has 6 heteroatoms. The summed E-state index contributed by atoms with van der Waals surface area (Å²) in [7, 11) is 0. The van der Waals surface area contributed by atoms with E-state index in [1.165, 1.54) is 0 Å². The molecule has 0 amide bonds. The summed E-state index contributed by atoms with van der Waals surface area (Å²) < 4.78 is 20.0. The van der Waals surface area contributed by atoms with Crippen molar-refractivity contribution in [1.82, 2.24) is 0 Å². The SMILES string of the molecule is [CH3][Ge]([CH3])[C]#[C][Ge]([CH3])[CH3].[CH3][Ge]([CH3])[C]#[C][Ge]([CH3])[CH3].[CH3][Ge]([CH3])[C]#[C][Ge]([CH3])[CH3]. The van der Waals surface area contributed by atoms with Gasteiger partial charge < -0.3 is 0 Å². The molecule has 6 radical (unpaired) electrons. The van der Waals surface area contributed by atoms with Crippen LogP contribution in [0.4, 0.5) is 0 Å². The third-order valence-electron chi connectivity index (χ3n) is 1.69. The van der Waals surface area contributed by atoms with E-state index in [4.69, 9.17) is 0 Å². The van der Waals surface area contributed by atoms with Gasteiger partial charge in [0.05, 0.1) is 0 Å². The van der Waals surface area contributed by atoms with Crippen molar-refractivity contribution in [3.63, 3.8) is 0 Å². The monoisotopic (exact) mass is 696 g/mol. The fraction of sp³-hybridized carbons (Fsp3) is 0.667. The van der Waals surface area contributed by atoms with Gasteiger partial charge in [0.15, 0.2) is 0 Å². The van der Waals surface area contributed by atoms with Gasteiger partial charge in [-0.15, -0.1) is 0 Å². The van der Waals surface area contributed by atoms with Crippen LogP contribution in [-0.2, 0) is 0 Å². The Morgan fingerprint density at radius 1 is 0.250 bits per heavy atom. The molecular weight excluding hydrogens is 652 g/mol. The summed E-state index contributed by atoms with van der Waals surface area (Å²) in [6.45, 7) is 0. The van der Waals surface area contributed by atoms with Crippen LogP contribution in [0.1, 0.15) is 0 Å². The average molecular weight is 688 g/mol. The third-order valence-corrected chi connectivity index (χ3v) is 12.9. The van der Waals surface area contributed by atoms with E-state index >= 15 is 0 Å². The summed E-state index contributed by atoms with van der Waals surface area (Å²) in [5.41, 5.74) is 0. The Kier molecular flexibility index (Phi) is 27.1. The molecule has 0 aliphatic carbocycles. The van der Waals surface area contributed by atoms with Gasteiger partial charge in [-0.1, -0.05) is 0 Å². The molecule has 0 bridgehead atoms.